The van der Waals surface area contributed by atoms with E-state index in [2.05, 4.69) is 32.1 Å². The standard InChI is InChI=1S/C20H34N6O/c1-16-22-17-6-9-25(14-18(17)23-16)19(27)21-15-20(7-4-3-5-8-20)26-12-10-24(2)11-13-26/h3-15H2,1-2H3,(H,21,27)(H,22,23). The number of urea groups is 1. The van der Waals surface area contributed by atoms with Crippen molar-refractivity contribution in [1.29, 1.82) is 0 Å². The smallest absolute Gasteiger partial charge is 0.317 e. The summed E-state index contributed by atoms with van der Waals surface area (Å²) in [5.41, 5.74) is 2.37. The van der Waals surface area contributed by atoms with E-state index < -0.39 is 0 Å². The minimum atomic E-state index is 0.0759. The summed E-state index contributed by atoms with van der Waals surface area (Å²) in [5, 5.41) is 3.31. The molecule has 0 aromatic carbocycles. The van der Waals surface area contributed by atoms with Gasteiger partial charge in [0.15, 0.2) is 0 Å². The fourth-order valence-electron chi connectivity index (χ4n) is 5.06. The molecule has 4 rings (SSSR count). The maximum absolute atomic E-state index is 12.9. The molecule has 1 saturated carbocycles. The molecule has 7 nitrogen and oxygen atoms in total. The molecule has 150 valence electrons. The van der Waals surface area contributed by atoms with Crippen LogP contribution in [0.3, 0.4) is 0 Å². The molecule has 1 saturated heterocycles. The van der Waals surface area contributed by atoms with E-state index >= 15 is 0 Å². The SMILES string of the molecule is Cc1nc2c([nH]1)CN(C(=O)NCC1(N3CCN(C)CC3)CCCCC1)CC2. The predicted molar refractivity (Wildman–Crippen MR) is 106 cm³/mol. The Morgan fingerprint density at radius 3 is 2.63 bits per heavy atom. The van der Waals surface area contributed by atoms with Gasteiger partial charge in [-0.3, -0.25) is 4.90 Å². The first kappa shape index (κ1) is 18.7. The lowest BCUT2D eigenvalue weighted by Crippen LogP contribution is -2.62. The molecule has 3 heterocycles. The van der Waals surface area contributed by atoms with E-state index in [0.29, 0.717) is 6.54 Å². The number of aryl methyl sites for hydroxylation is 1. The number of rotatable bonds is 3. The lowest BCUT2D eigenvalue weighted by Gasteiger charge is -2.49. The average Bonchev–Trinajstić information content (AvgIpc) is 3.06. The highest BCUT2D eigenvalue weighted by Crippen LogP contribution is 2.34. The molecule has 0 spiro atoms. The van der Waals surface area contributed by atoms with Crippen LogP contribution in [0.5, 0.6) is 0 Å². The van der Waals surface area contributed by atoms with E-state index in [1.54, 1.807) is 0 Å². The van der Waals surface area contributed by atoms with Crippen LogP contribution in [0, 0.1) is 6.92 Å². The molecule has 7 heteroatoms. The highest BCUT2D eigenvalue weighted by molar-refractivity contribution is 5.74. The molecule has 1 aromatic heterocycles. The molecule has 2 N–H and O–H groups in total. The molecule has 2 fully saturated rings. The van der Waals surface area contributed by atoms with Gasteiger partial charge in [0.25, 0.3) is 0 Å². The van der Waals surface area contributed by atoms with E-state index in [1.165, 1.54) is 32.1 Å². The number of aromatic amines is 1. The summed E-state index contributed by atoms with van der Waals surface area (Å²) in [6.07, 6.45) is 7.15. The van der Waals surface area contributed by atoms with Crippen molar-refractivity contribution in [2.24, 2.45) is 0 Å². The Kier molecular flexibility index (Phi) is 5.41. The Labute approximate surface area is 162 Å². The fraction of sp³-hybridized carbons (Fsp3) is 0.800. The number of likely N-dealkylation sites (N-methyl/N-ethyl adjacent to an activating group) is 1. The van der Waals surface area contributed by atoms with Crippen molar-refractivity contribution in [1.82, 2.24) is 30.0 Å². The minimum Gasteiger partial charge on any atom is -0.344 e. The molecule has 1 aromatic rings. The molecule has 1 aliphatic carbocycles. The van der Waals surface area contributed by atoms with Gasteiger partial charge >= 0.3 is 6.03 Å². The average molecular weight is 375 g/mol. The second-order valence-corrected chi connectivity index (χ2v) is 8.65. The number of H-pyrrole nitrogens is 1. The number of amides is 2. The van der Waals surface area contributed by atoms with Crippen LogP contribution in [-0.4, -0.2) is 82.6 Å². The Balaban J connectivity index is 1.38. The van der Waals surface area contributed by atoms with Crippen LogP contribution in [-0.2, 0) is 13.0 Å². The van der Waals surface area contributed by atoms with Crippen molar-refractivity contribution in [3.8, 4) is 0 Å². The Hall–Kier alpha value is -1.60. The minimum absolute atomic E-state index is 0.0759. The third-order valence-corrected chi connectivity index (χ3v) is 6.76. The first-order valence-corrected chi connectivity index (χ1v) is 10.6. The number of hydrogen-bond donors (Lipinski definition) is 2. The summed E-state index contributed by atoms with van der Waals surface area (Å²) in [5.74, 6) is 0.943. The van der Waals surface area contributed by atoms with Gasteiger partial charge in [-0.15, -0.1) is 0 Å². The molecule has 2 amide bonds. The summed E-state index contributed by atoms with van der Waals surface area (Å²) in [6.45, 7) is 8.65. The van der Waals surface area contributed by atoms with E-state index in [1.807, 2.05) is 11.8 Å². The van der Waals surface area contributed by atoms with Crippen molar-refractivity contribution < 1.29 is 4.79 Å². The predicted octanol–water partition coefficient (Wildman–Crippen LogP) is 1.74. The Morgan fingerprint density at radius 1 is 1.15 bits per heavy atom. The van der Waals surface area contributed by atoms with Gasteiger partial charge in [0.05, 0.1) is 17.9 Å². The molecule has 0 bridgehead atoms. The van der Waals surface area contributed by atoms with Gasteiger partial charge in [0, 0.05) is 51.2 Å². The second kappa shape index (κ2) is 7.80. The summed E-state index contributed by atoms with van der Waals surface area (Å²) >= 11 is 0. The van der Waals surface area contributed by atoms with E-state index in [9.17, 15) is 4.79 Å². The summed E-state index contributed by atoms with van der Waals surface area (Å²) in [6, 6.07) is 0.0759. The molecular formula is C20H34N6O. The van der Waals surface area contributed by atoms with Crippen molar-refractivity contribution in [3.63, 3.8) is 0 Å². The first-order valence-electron chi connectivity index (χ1n) is 10.6. The molecular weight excluding hydrogens is 340 g/mol. The fourth-order valence-corrected chi connectivity index (χ4v) is 5.06. The van der Waals surface area contributed by atoms with Gasteiger partial charge in [-0.1, -0.05) is 19.3 Å². The van der Waals surface area contributed by atoms with E-state index in [4.69, 9.17) is 0 Å². The molecule has 2 aliphatic heterocycles. The topological polar surface area (TPSA) is 67.5 Å². The van der Waals surface area contributed by atoms with Crippen LogP contribution >= 0.6 is 0 Å². The summed E-state index contributed by atoms with van der Waals surface area (Å²) in [7, 11) is 2.20. The zero-order valence-electron chi connectivity index (χ0n) is 16.9. The van der Waals surface area contributed by atoms with Crippen LogP contribution in [0.1, 0.15) is 49.3 Å². The van der Waals surface area contributed by atoms with Gasteiger partial charge in [-0.05, 0) is 26.8 Å². The van der Waals surface area contributed by atoms with Gasteiger partial charge in [0.1, 0.15) is 5.82 Å². The quantitative estimate of drug-likeness (QED) is 0.846. The Bertz CT molecular complexity index is 657. The number of imidazole rings is 1. The number of fused-ring (bicyclic) bond motifs is 1. The normalized spacial score (nSPS) is 23.9. The van der Waals surface area contributed by atoms with Crippen LogP contribution < -0.4 is 5.32 Å². The number of nitrogens with zero attached hydrogens (tertiary/aromatic N) is 4. The number of nitrogens with one attached hydrogen (secondary N) is 2. The molecule has 0 unspecified atom stereocenters. The zero-order valence-corrected chi connectivity index (χ0v) is 16.9. The monoisotopic (exact) mass is 374 g/mol. The zero-order chi connectivity index (χ0) is 18.9. The van der Waals surface area contributed by atoms with E-state index in [0.717, 1.165) is 62.9 Å². The molecule has 3 aliphatic rings. The third kappa shape index (κ3) is 3.99. The van der Waals surface area contributed by atoms with Gasteiger partial charge in [0.2, 0.25) is 0 Å². The number of carbonyl (C=O) groups excluding carboxylic acids is 1. The first-order chi connectivity index (χ1) is 13.1. The van der Waals surface area contributed by atoms with Crippen LogP contribution in [0.15, 0.2) is 0 Å². The lowest BCUT2D eigenvalue weighted by atomic mass is 9.79. The maximum atomic E-state index is 12.9. The van der Waals surface area contributed by atoms with Crippen LogP contribution in [0.4, 0.5) is 4.79 Å². The number of hydrogen-bond acceptors (Lipinski definition) is 4. The Morgan fingerprint density at radius 2 is 1.89 bits per heavy atom. The maximum Gasteiger partial charge on any atom is 0.317 e. The third-order valence-electron chi connectivity index (χ3n) is 6.76. The van der Waals surface area contributed by atoms with Gasteiger partial charge in [-0.2, -0.15) is 0 Å². The summed E-state index contributed by atoms with van der Waals surface area (Å²) < 4.78 is 0. The van der Waals surface area contributed by atoms with Crippen molar-refractivity contribution in [2.45, 2.75) is 57.5 Å². The molecule has 0 atom stereocenters. The molecule has 0 radical (unpaired) electrons. The van der Waals surface area contributed by atoms with Crippen molar-refractivity contribution >= 4 is 6.03 Å². The largest absolute Gasteiger partial charge is 0.344 e. The number of aromatic nitrogens is 2. The van der Waals surface area contributed by atoms with Gasteiger partial charge in [-0.25, -0.2) is 9.78 Å². The summed E-state index contributed by atoms with van der Waals surface area (Å²) in [4.78, 5) is 27.7. The highest BCUT2D eigenvalue weighted by Gasteiger charge is 2.39. The van der Waals surface area contributed by atoms with Crippen molar-refractivity contribution in [2.75, 3.05) is 46.3 Å². The van der Waals surface area contributed by atoms with E-state index in [-0.39, 0.29) is 11.6 Å². The highest BCUT2D eigenvalue weighted by atomic mass is 16.2. The number of piperazine rings is 1. The molecule has 27 heavy (non-hydrogen) atoms. The van der Waals surface area contributed by atoms with Gasteiger partial charge < -0.3 is 20.1 Å². The lowest BCUT2D eigenvalue weighted by molar-refractivity contribution is 0.0146. The number of carbonyl (C=O) groups is 1. The second-order valence-electron chi connectivity index (χ2n) is 8.65. The van der Waals surface area contributed by atoms with Crippen LogP contribution in [0.2, 0.25) is 0 Å². The van der Waals surface area contributed by atoms with Crippen molar-refractivity contribution in [3.05, 3.63) is 17.2 Å². The van der Waals surface area contributed by atoms with Crippen LogP contribution in [0.25, 0.3) is 0 Å².